The van der Waals surface area contributed by atoms with Crippen molar-refractivity contribution in [3.63, 3.8) is 0 Å². The highest BCUT2D eigenvalue weighted by molar-refractivity contribution is 7.13. The summed E-state index contributed by atoms with van der Waals surface area (Å²) in [7, 11) is 0. The van der Waals surface area contributed by atoms with Gasteiger partial charge in [-0.05, 0) is 31.5 Å². The van der Waals surface area contributed by atoms with Crippen LogP contribution in [0.25, 0.3) is 0 Å². The van der Waals surface area contributed by atoms with Gasteiger partial charge in [-0.2, -0.15) is 0 Å². The van der Waals surface area contributed by atoms with Gasteiger partial charge in [-0.1, -0.05) is 32.9 Å². The van der Waals surface area contributed by atoms with E-state index in [0.717, 1.165) is 22.0 Å². The maximum absolute atomic E-state index is 12.5. The predicted octanol–water partition coefficient (Wildman–Crippen LogP) is 4.41. The van der Waals surface area contributed by atoms with Gasteiger partial charge in [0.2, 0.25) is 5.91 Å². The Balaban J connectivity index is 2.05. The Kier molecular flexibility index (Phi) is 6.31. The Morgan fingerprint density at radius 2 is 1.80 bits per heavy atom. The number of nitrogens with one attached hydrogen (secondary N) is 2. The molecule has 2 amide bonds. The highest BCUT2D eigenvalue weighted by Gasteiger charge is 2.19. The number of carbonyl (C=O) groups excluding carboxylic acids is 2. The van der Waals surface area contributed by atoms with Crippen molar-refractivity contribution in [1.29, 1.82) is 0 Å². The Morgan fingerprint density at radius 1 is 1.16 bits per heavy atom. The molecule has 0 saturated heterocycles. The summed E-state index contributed by atoms with van der Waals surface area (Å²) >= 11 is 1.45. The molecule has 0 aliphatic carbocycles. The third-order valence-corrected chi connectivity index (χ3v) is 5.33. The molecule has 134 valence electrons. The fourth-order valence-electron chi connectivity index (χ4n) is 2.32. The van der Waals surface area contributed by atoms with E-state index >= 15 is 0 Å². The third-order valence-electron chi connectivity index (χ3n) is 3.88. The van der Waals surface area contributed by atoms with Crippen LogP contribution in [0, 0.1) is 6.92 Å². The number of nitrogens with zero attached hydrogens (tertiary/aromatic N) is 1. The van der Waals surface area contributed by atoms with Gasteiger partial charge in [0.05, 0.1) is 16.7 Å². The number of aromatic nitrogens is 1. The molecule has 0 saturated carbocycles. The lowest BCUT2D eigenvalue weighted by Gasteiger charge is -2.14. The van der Waals surface area contributed by atoms with Crippen LogP contribution in [0.5, 0.6) is 0 Å². The molecule has 6 heteroatoms. The van der Waals surface area contributed by atoms with Crippen molar-refractivity contribution >= 4 is 28.8 Å². The van der Waals surface area contributed by atoms with Crippen molar-refractivity contribution in [2.45, 2.75) is 53.0 Å². The quantitative estimate of drug-likeness (QED) is 0.802. The molecule has 0 bridgehead atoms. The van der Waals surface area contributed by atoms with E-state index in [-0.39, 0.29) is 17.9 Å². The molecule has 0 fully saturated rings. The highest BCUT2D eigenvalue weighted by atomic mass is 32.1. The number of aryl methyl sites for hydroxylation is 1. The molecular formula is C19H25N3O2S. The summed E-state index contributed by atoms with van der Waals surface area (Å²) in [6.45, 7) is 9.76. The zero-order valence-corrected chi connectivity index (χ0v) is 16.2. The van der Waals surface area contributed by atoms with E-state index in [1.165, 1.54) is 11.3 Å². The van der Waals surface area contributed by atoms with Gasteiger partial charge in [0.25, 0.3) is 5.91 Å². The average Bonchev–Trinajstić information content (AvgIpc) is 2.97. The zero-order valence-electron chi connectivity index (χ0n) is 15.3. The first-order valence-electron chi connectivity index (χ1n) is 8.49. The maximum atomic E-state index is 12.5. The SMILES string of the molecule is CCC(=O)Nc1ccc(C(C)NC(=O)c2sc(C(C)C)nc2C)cc1. The van der Waals surface area contributed by atoms with Gasteiger partial charge in [-0.15, -0.1) is 11.3 Å². The smallest absolute Gasteiger partial charge is 0.263 e. The van der Waals surface area contributed by atoms with Gasteiger partial charge in [-0.25, -0.2) is 4.98 Å². The summed E-state index contributed by atoms with van der Waals surface area (Å²) in [5.74, 6) is 0.196. The second-order valence-corrected chi connectivity index (χ2v) is 7.37. The minimum atomic E-state index is -0.132. The summed E-state index contributed by atoms with van der Waals surface area (Å²) in [6, 6.07) is 7.39. The molecule has 1 aromatic heterocycles. The second kappa shape index (κ2) is 8.25. The van der Waals surface area contributed by atoms with Crippen molar-refractivity contribution in [2.24, 2.45) is 0 Å². The lowest BCUT2D eigenvalue weighted by atomic mass is 10.1. The molecule has 0 aliphatic heterocycles. The topological polar surface area (TPSA) is 71.1 Å². The lowest BCUT2D eigenvalue weighted by molar-refractivity contribution is -0.115. The van der Waals surface area contributed by atoms with Crippen LogP contribution in [0.2, 0.25) is 0 Å². The normalized spacial score (nSPS) is 12.1. The van der Waals surface area contributed by atoms with Crippen LogP contribution in [-0.4, -0.2) is 16.8 Å². The van der Waals surface area contributed by atoms with Gasteiger partial charge in [0, 0.05) is 18.0 Å². The van der Waals surface area contributed by atoms with Crippen molar-refractivity contribution in [1.82, 2.24) is 10.3 Å². The van der Waals surface area contributed by atoms with Gasteiger partial charge in [0.15, 0.2) is 0 Å². The summed E-state index contributed by atoms with van der Waals surface area (Å²) in [6.07, 6.45) is 0.445. The van der Waals surface area contributed by atoms with E-state index in [1.54, 1.807) is 0 Å². The van der Waals surface area contributed by atoms with E-state index in [2.05, 4.69) is 29.5 Å². The molecule has 2 rings (SSSR count). The molecule has 0 spiro atoms. The van der Waals surface area contributed by atoms with E-state index < -0.39 is 0 Å². The Morgan fingerprint density at radius 3 is 2.32 bits per heavy atom. The summed E-state index contributed by atoms with van der Waals surface area (Å²) in [5, 5.41) is 6.81. The second-order valence-electron chi connectivity index (χ2n) is 6.34. The van der Waals surface area contributed by atoms with Gasteiger partial charge in [0.1, 0.15) is 4.88 Å². The number of anilines is 1. The zero-order chi connectivity index (χ0) is 18.6. The first kappa shape index (κ1) is 19.1. The first-order valence-corrected chi connectivity index (χ1v) is 9.31. The number of benzene rings is 1. The van der Waals surface area contributed by atoms with Crippen molar-refractivity contribution in [3.05, 3.63) is 45.4 Å². The van der Waals surface area contributed by atoms with E-state index in [0.29, 0.717) is 17.2 Å². The molecular weight excluding hydrogens is 334 g/mol. The van der Waals surface area contributed by atoms with Gasteiger partial charge < -0.3 is 10.6 Å². The predicted molar refractivity (Wildman–Crippen MR) is 102 cm³/mol. The molecule has 0 radical (unpaired) electrons. The Labute approximate surface area is 152 Å². The number of carbonyl (C=O) groups is 2. The van der Waals surface area contributed by atoms with E-state index in [9.17, 15) is 9.59 Å². The average molecular weight is 359 g/mol. The highest BCUT2D eigenvalue weighted by Crippen LogP contribution is 2.25. The van der Waals surface area contributed by atoms with Gasteiger partial charge >= 0.3 is 0 Å². The summed E-state index contributed by atoms with van der Waals surface area (Å²) in [5.41, 5.74) is 2.51. The molecule has 2 N–H and O–H groups in total. The lowest BCUT2D eigenvalue weighted by Crippen LogP contribution is -2.26. The molecule has 1 atom stereocenters. The van der Waals surface area contributed by atoms with Gasteiger partial charge in [-0.3, -0.25) is 9.59 Å². The van der Waals surface area contributed by atoms with Crippen LogP contribution in [0.3, 0.4) is 0 Å². The Hall–Kier alpha value is -2.21. The number of thiazole rings is 1. The van der Waals surface area contributed by atoms with E-state index in [4.69, 9.17) is 0 Å². The number of amides is 2. The summed E-state index contributed by atoms with van der Waals surface area (Å²) in [4.78, 5) is 29.1. The van der Waals surface area contributed by atoms with Crippen LogP contribution in [0.4, 0.5) is 5.69 Å². The van der Waals surface area contributed by atoms with Crippen LogP contribution < -0.4 is 10.6 Å². The molecule has 1 heterocycles. The third kappa shape index (κ3) is 4.89. The number of hydrogen-bond donors (Lipinski definition) is 2. The minimum absolute atomic E-state index is 0.0178. The largest absolute Gasteiger partial charge is 0.345 e. The van der Waals surface area contributed by atoms with Crippen molar-refractivity contribution < 1.29 is 9.59 Å². The molecule has 1 aromatic carbocycles. The standard InChI is InChI=1S/C19H25N3O2S/c1-6-16(23)22-15-9-7-14(8-10-15)12(4)20-18(24)17-13(5)21-19(25-17)11(2)3/h7-12H,6H2,1-5H3,(H,20,24)(H,22,23). The van der Waals surface area contributed by atoms with Crippen LogP contribution in [0.1, 0.15) is 72.0 Å². The Bertz CT molecular complexity index is 751. The molecule has 1 unspecified atom stereocenters. The molecule has 0 aliphatic rings. The van der Waals surface area contributed by atoms with Crippen LogP contribution in [0.15, 0.2) is 24.3 Å². The van der Waals surface area contributed by atoms with Crippen LogP contribution >= 0.6 is 11.3 Å². The molecule has 25 heavy (non-hydrogen) atoms. The fraction of sp³-hybridized carbons (Fsp3) is 0.421. The minimum Gasteiger partial charge on any atom is -0.345 e. The first-order chi connectivity index (χ1) is 11.8. The summed E-state index contributed by atoms with van der Waals surface area (Å²) < 4.78 is 0. The van der Waals surface area contributed by atoms with Crippen molar-refractivity contribution in [2.75, 3.05) is 5.32 Å². The molecule has 2 aromatic rings. The number of rotatable bonds is 6. The maximum Gasteiger partial charge on any atom is 0.263 e. The monoisotopic (exact) mass is 359 g/mol. The van der Waals surface area contributed by atoms with Crippen molar-refractivity contribution in [3.8, 4) is 0 Å². The molecule has 5 nitrogen and oxygen atoms in total. The number of hydrogen-bond acceptors (Lipinski definition) is 4. The van der Waals surface area contributed by atoms with E-state index in [1.807, 2.05) is 45.0 Å². The fourth-order valence-corrected chi connectivity index (χ4v) is 3.30. The van der Waals surface area contributed by atoms with Crippen LogP contribution in [-0.2, 0) is 4.79 Å².